The Balaban J connectivity index is 2.41. The molecule has 0 spiro atoms. The summed E-state index contributed by atoms with van der Waals surface area (Å²) in [6, 6.07) is 9.62. The summed E-state index contributed by atoms with van der Waals surface area (Å²) in [5, 5.41) is 12.4. The lowest BCUT2D eigenvalue weighted by Crippen LogP contribution is -2.47. The molecule has 0 saturated carbocycles. The molecule has 0 aliphatic heterocycles. The highest BCUT2D eigenvalue weighted by atomic mass is 16.6. The molecule has 0 aliphatic rings. The van der Waals surface area contributed by atoms with E-state index in [1.807, 2.05) is 0 Å². The van der Waals surface area contributed by atoms with Gasteiger partial charge in [0.05, 0.1) is 13.2 Å². The van der Waals surface area contributed by atoms with Crippen LogP contribution >= 0.6 is 0 Å². The predicted molar refractivity (Wildman–Crippen MR) is 185 cm³/mol. The van der Waals surface area contributed by atoms with Gasteiger partial charge in [-0.1, -0.05) is 12.1 Å². The quantitative estimate of drug-likeness (QED) is 0.104. The van der Waals surface area contributed by atoms with Crippen molar-refractivity contribution in [1.82, 2.24) is 10.2 Å². The van der Waals surface area contributed by atoms with Gasteiger partial charge in [0.1, 0.15) is 28.6 Å². The first-order valence-electron chi connectivity index (χ1n) is 16.1. The van der Waals surface area contributed by atoms with Crippen LogP contribution in [-0.2, 0) is 23.7 Å². The molecule has 0 saturated heterocycles. The zero-order valence-corrected chi connectivity index (χ0v) is 30.6. The first-order valence-corrected chi connectivity index (χ1v) is 16.1. The van der Waals surface area contributed by atoms with E-state index in [2.05, 4.69) is 10.3 Å². The van der Waals surface area contributed by atoms with Crippen molar-refractivity contribution in [2.45, 2.75) is 92.1 Å². The number of imide groups is 1. The third kappa shape index (κ3) is 14.2. The molecule has 278 valence electrons. The molecule has 2 rings (SSSR count). The molecule has 2 N–H and O–H groups in total. The third-order valence-corrected chi connectivity index (χ3v) is 5.97. The Kier molecular flexibility index (Phi) is 14.4. The molecule has 0 bridgehead atoms. The van der Waals surface area contributed by atoms with Crippen molar-refractivity contribution in [3.05, 3.63) is 65.2 Å². The summed E-state index contributed by atoms with van der Waals surface area (Å²) in [4.78, 5) is 81.9. The minimum Gasteiger partial charge on any atom is -0.482 e. The number of nitrogens with one attached hydrogen (secondary N) is 1. The smallest absolute Gasteiger partial charge is 0.436 e. The van der Waals surface area contributed by atoms with Gasteiger partial charge < -0.3 is 34.1 Å². The van der Waals surface area contributed by atoms with Crippen LogP contribution in [0.2, 0.25) is 0 Å². The number of rotatable bonds is 10. The highest BCUT2D eigenvalue weighted by molar-refractivity contribution is 6.18. The van der Waals surface area contributed by atoms with Crippen LogP contribution < -0.4 is 10.1 Å². The molecular formula is C36H47N3O12. The lowest BCUT2D eigenvalue weighted by molar-refractivity contribution is -0.145. The van der Waals surface area contributed by atoms with Gasteiger partial charge >= 0.3 is 24.2 Å². The number of hydrogen-bond acceptors (Lipinski definition) is 12. The van der Waals surface area contributed by atoms with E-state index in [-0.39, 0.29) is 29.9 Å². The van der Waals surface area contributed by atoms with Crippen molar-refractivity contribution in [3.8, 4) is 5.75 Å². The third-order valence-electron chi connectivity index (χ3n) is 5.97. The minimum atomic E-state index is -1.33. The van der Waals surface area contributed by atoms with Crippen molar-refractivity contribution in [1.29, 1.82) is 0 Å². The van der Waals surface area contributed by atoms with Crippen LogP contribution in [0.5, 0.6) is 5.75 Å². The molecular weight excluding hydrogens is 666 g/mol. The lowest BCUT2D eigenvalue weighted by Gasteiger charge is -2.29. The molecule has 4 amide bonds. The molecule has 15 heteroatoms. The summed E-state index contributed by atoms with van der Waals surface area (Å²) in [5.41, 5.74) is -2.90. The molecule has 0 radical (unpaired) electrons. The van der Waals surface area contributed by atoms with Crippen LogP contribution in [0.25, 0.3) is 0 Å². The normalized spacial score (nSPS) is 12.6. The van der Waals surface area contributed by atoms with Gasteiger partial charge in [0.2, 0.25) is 0 Å². The van der Waals surface area contributed by atoms with Gasteiger partial charge in [-0.3, -0.25) is 9.59 Å². The highest BCUT2D eigenvalue weighted by Gasteiger charge is 2.37. The van der Waals surface area contributed by atoms with Crippen molar-refractivity contribution in [2.75, 3.05) is 19.8 Å². The summed E-state index contributed by atoms with van der Waals surface area (Å²) in [7, 11) is 0. The monoisotopic (exact) mass is 713 g/mol. The van der Waals surface area contributed by atoms with Gasteiger partial charge in [0.25, 0.3) is 5.91 Å². The molecule has 0 aromatic heterocycles. The number of aliphatic hydroxyl groups is 1. The summed E-state index contributed by atoms with van der Waals surface area (Å²) in [6.07, 6.45) is -3.51. The Morgan fingerprint density at radius 1 is 0.725 bits per heavy atom. The van der Waals surface area contributed by atoms with E-state index in [9.17, 15) is 33.9 Å². The van der Waals surface area contributed by atoms with Crippen LogP contribution in [0.1, 0.15) is 95.5 Å². The molecule has 0 fully saturated rings. The number of carbonyl (C=O) groups is 6. The second-order valence-electron chi connectivity index (χ2n) is 14.0. The Bertz CT molecular complexity index is 1570. The van der Waals surface area contributed by atoms with Crippen LogP contribution in [0.4, 0.5) is 14.4 Å². The standard InChI is InChI=1S/C36H47N3O12/c1-11-47-27(41)21-48-25-18-16-22(17-19-25)28(42)26(20-40)37-30(43)24-14-12-23(13-15-24)29(38-31(44)49-34(2,3)4)39(32(45)50-35(5,6)7)33(46)51-36(8,9)10/h12-19,26,40H,11,20-21H2,1-10H3,(H,37,43)/b38-29+/t26-/m0/s1. The number of esters is 1. The topological polar surface area (TPSA) is 196 Å². The van der Waals surface area contributed by atoms with Gasteiger partial charge in [-0.25, -0.2) is 19.2 Å². The lowest BCUT2D eigenvalue weighted by atomic mass is 10.0. The van der Waals surface area contributed by atoms with Gasteiger partial charge in [-0.15, -0.1) is 0 Å². The number of aliphatic hydroxyl groups excluding tert-OH is 1. The highest BCUT2D eigenvalue weighted by Crippen LogP contribution is 2.20. The predicted octanol–water partition coefficient (Wildman–Crippen LogP) is 5.46. The van der Waals surface area contributed by atoms with E-state index >= 15 is 0 Å². The number of hydrogen-bond donors (Lipinski definition) is 2. The summed E-state index contributed by atoms with van der Waals surface area (Å²) in [6.45, 7) is 15.1. The zero-order chi connectivity index (χ0) is 38.7. The Labute approximate surface area is 297 Å². The van der Waals surface area contributed by atoms with Crippen molar-refractivity contribution >= 4 is 41.8 Å². The fraction of sp³-hybridized carbons (Fsp3) is 0.472. The Hall–Kier alpha value is -5.31. The maximum Gasteiger partial charge on any atom is 0.436 e. The fourth-order valence-corrected chi connectivity index (χ4v) is 3.95. The number of amidine groups is 1. The summed E-state index contributed by atoms with van der Waals surface area (Å²) in [5.74, 6) is -2.10. The second-order valence-corrected chi connectivity index (χ2v) is 14.0. The molecule has 2 aromatic rings. The van der Waals surface area contributed by atoms with E-state index in [1.165, 1.54) is 48.5 Å². The van der Waals surface area contributed by atoms with Crippen molar-refractivity contribution in [3.63, 3.8) is 0 Å². The van der Waals surface area contributed by atoms with Crippen LogP contribution in [0, 0.1) is 0 Å². The number of carbonyl (C=O) groups excluding carboxylic acids is 6. The molecule has 2 aromatic carbocycles. The number of Topliss-reactive ketones (excluding diaryl/α,β-unsaturated/α-hetero) is 1. The average molecular weight is 714 g/mol. The molecule has 0 heterocycles. The Morgan fingerprint density at radius 2 is 1.20 bits per heavy atom. The zero-order valence-electron chi connectivity index (χ0n) is 30.6. The minimum absolute atomic E-state index is 0.0189. The van der Waals surface area contributed by atoms with Crippen LogP contribution in [0.15, 0.2) is 53.5 Å². The van der Waals surface area contributed by atoms with E-state index in [0.717, 1.165) is 0 Å². The Morgan fingerprint density at radius 3 is 1.65 bits per heavy atom. The fourth-order valence-electron chi connectivity index (χ4n) is 3.95. The molecule has 15 nitrogen and oxygen atoms in total. The first-order chi connectivity index (χ1) is 23.5. The number of ketones is 1. The number of aliphatic imine (C=N–C) groups is 1. The number of ether oxygens (including phenoxy) is 5. The van der Waals surface area contributed by atoms with E-state index < -0.39 is 71.2 Å². The van der Waals surface area contributed by atoms with Crippen molar-refractivity contribution < 1.29 is 57.6 Å². The van der Waals surface area contributed by atoms with Gasteiger partial charge in [0.15, 0.2) is 18.2 Å². The maximum absolute atomic E-state index is 13.4. The first kappa shape index (κ1) is 41.9. The molecule has 0 unspecified atom stereocenters. The number of benzene rings is 2. The summed E-state index contributed by atoms with van der Waals surface area (Å²) >= 11 is 0. The second kappa shape index (κ2) is 17.6. The largest absolute Gasteiger partial charge is 0.482 e. The van der Waals surface area contributed by atoms with E-state index in [0.29, 0.717) is 10.6 Å². The maximum atomic E-state index is 13.4. The molecule has 51 heavy (non-hydrogen) atoms. The van der Waals surface area contributed by atoms with Gasteiger partial charge in [-0.2, -0.15) is 9.89 Å². The van der Waals surface area contributed by atoms with Gasteiger partial charge in [-0.05, 0) is 106 Å². The van der Waals surface area contributed by atoms with E-state index in [1.54, 1.807) is 69.2 Å². The van der Waals surface area contributed by atoms with Crippen LogP contribution in [-0.4, -0.2) is 94.4 Å². The number of nitrogens with zero attached hydrogens (tertiary/aromatic N) is 2. The molecule has 0 aliphatic carbocycles. The molecule has 1 atom stereocenters. The summed E-state index contributed by atoms with van der Waals surface area (Å²) < 4.78 is 26.3. The SMILES string of the molecule is CCOC(=O)COc1ccc(C(=O)[C@H](CO)NC(=O)c2ccc(/C(=N\C(=O)OC(C)(C)C)N(C(=O)OC(C)(C)C)C(=O)OC(C)(C)C)cc2)cc1. The number of amides is 4. The van der Waals surface area contributed by atoms with E-state index in [4.69, 9.17) is 23.7 Å². The van der Waals surface area contributed by atoms with Gasteiger partial charge in [0, 0.05) is 16.7 Å². The van der Waals surface area contributed by atoms with Crippen LogP contribution in [0.3, 0.4) is 0 Å². The van der Waals surface area contributed by atoms with Crippen molar-refractivity contribution in [2.24, 2.45) is 4.99 Å². The average Bonchev–Trinajstić information content (AvgIpc) is 2.99.